The number of carbonyl (C=O) groups is 1. The van der Waals surface area contributed by atoms with Crippen molar-refractivity contribution >= 4 is 40.1 Å². The molecule has 0 saturated carbocycles. The molecule has 0 bridgehead atoms. The van der Waals surface area contributed by atoms with Gasteiger partial charge in [-0.15, -0.1) is 0 Å². The lowest BCUT2D eigenvalue weighted by atomic mass is 10.1. The third-order valence-electron chi connectivity index (χ3n) is 3.03. The number of carbonyl (C=O) groups excluding carboxylic acids is 1. The lowest BCUT2D eigenvalue weighted by Gasteiger charge is -2.04. The number of thiocarbonyl (C=S) groups is 1. The van der Waals surface area contributed by atoms with Gasteiger partial charge in [-0.1, -0.05) is 36.5 Å². The molecular weight excluding hydrogens is 284 g/mol. The summed E-state index contributed by atoms with van der Waals surface area (Å²) in [5.41, 5.74) is 8.36. The summed E-state index contributed by atoms with van der Waals surface area (Å²) in [6.45, 7) is 0. The van der Waals surface area contributed by atoms with Gasteiger partial charge in [0, 0.05) is 11.1 Å². The largest absolute Gasteiger partial charge is 0.389 e. The van der Waals surface area contributed by atoms with E-state index in [0.29, 0.717) is 17.1 Å². The molecule has 0 atom stereocenters. The molecule has 0 saturated heterocycles. The van der Waals surface area contributed by atoms with E-state index in [-0.39, 0.29) is 10.9 Å². The Bertz CT molecular complexity index is 807. The van der Waals surface area contributed by atoms with Gasteiger partial charge in [-0.2, -0.15) is 0 Å². The quantitative estimate of drug-likeness (QED) is 0.648. The minimum Gasteiger partial charge on any atom is -0.389 e. The third kappa shape index (κ3) is 2.75. The first-order valence-corrected chi connectivity index (χ1v) is 6.70. The van der Waals surface area contributed by atoms with Crippen molar-refractivity contribution in [3.8, 4) is 0 Å². The van der Waals surface area contributed by atoms with Gasteiger partial charge >= 0.3 is 0 Å². The van der Waals surface area contributed by atoms with Crippen LogP contribution < -0.4 is 11.1 Å². The Labute approximate surface area is 126 Å². The van der Waals surface area contributed by atoms with Gasteiger partial charge in [-0.25, -0.2) is 4.98 Å². The normalized spacial score (nSPS) is 10.5. The van der Waals surface area contributed by atoms with Crippen LogP contribution in [0.25, 0.3) is 11.0 Å². The Balaban J connectivity index is 1.85. The monoisotopic (exact) mass is 296 g/mol. The summed E-state index contributed by atoms with van der Waals surface area (Å²) in [7, 11) is 0. The van der Waals surface area contributed by atoms with E-state index in [4.69, 9.17) is 18.0 Å². The number of fused-ring (bicyclic) bond motifs is 1. The number of hydrogen-bond acceptors (Lipinski definition) is 3. The molecule has 21 heavy (non-hydrogen) atoms. The first kappa shape index (κ1) is 13.3. The third-order valence-corrected chi connectivity index (χ3v) is 3.27. The fourth-order valence-electron chi connectivity index (χ4n) is 2.01. The number of anilines is 1. The summed E-state index contributed by atoms with van der Waals surface area (Å²) >= 11 is 4.91. The van der Waals surface area contributed by atoms with E-state index in [1.807, 2.05) is 24.3 Å². The average molecular weight is 296 g/mol. The fraction of sp³-hybridized carbons (Fsp3) is 0. The molecule has 0 unspecified atom stereocenters. The summed E-state index contributed by atoms with van der Waals surface area (Å²) < 4.78 is 0. The van der Waals surface area contributed by atoms with Gasteiger partial charge in [0.05, 0.1) is 11.0 Å². The van der Waals surface area contributed by atoms with E-state index in [0.717, 1.165) is 11.0 Å². The van der Waals surface area contributed by atoms with Gasteiger partial charge in [0.25, 0.3) is 5.91 Å². The molecule has 0 aliphatic carbocycles. The Hall–Kier alpha value is -2.73. The highest BCUT2D eigenvalue weighted by atomic mass is 32.1. The van der Waals surface area contributed by atoms with Crippen LogP contribution in [0.2, 0.25) is 0 Å². The molecule has 3 aromatic rings. The van der Waals surface area contributed by atoms with E-state index in [2.05, 4.69) is 15.3 Å². The van der Waals surface area contributed by atoms with Crippen molar-refractivity contribution in [2.24, 2.45) is 5.73 Å². The minimum absolute atomic E-state index is 0.258. The van der Waals surface area contributed by atoms with Crippen molar-refractivity contribution < 1.29 is 4.79 Å². The van der Waals surface area contributed by atoms with E-state index in [9.17, 15) is 4.79 Å². The van der Waals surface area contributed by atoms with Crippen LogP contribution in [-0.2, 0) is 0 Å². The van der Waals surface area contributed by atoms with Crippen LogP contribution in [0.15, 0.2) is 48.5 Å². The number of benzene rings is 2. The summed E-state index contributed by atoms with van der Waals surface area (Å²) in [5, 5.41) is 2.72. The van der Waals surface area contributed by atoms with E-state index in [1.54, 1.807) is 24.3 Å². The maximum atomic E-state index is 12.2. The molecular formula is C15H12N4OS. The number of amides is 1. The van der Waals surface area contributed by atoms with E-state index >= 15 is 0 Å². The number of para-hydroxylation sites is 2. The highest BCUT2D eigenvalue weighted by Crippen LogP contribution is 2.14. The number of nitrogens with zero attached hydrogens (tertiary/aromatic N) is 1. The standard InChI is InChI=1S/C15H12N4OS/c16-13(21)9-4-3-5-10(8-9)14(20)19-15-17-11-6-1-2-7-12(11)18-15/h1-8H,(H2,16,21)(H2,17,18,19,20). The molecule has 1 heterocycles. The van der Waals surface area contributed by atoms with Crippen LogP contribution in [0.4, 0.5) is 5.95 Å². The van der Waals surface area contributed by atoms with Crippen LogP contribution >= 0.6 is 12.2 Å². The van der Waals surface area contributed by atoms with Gasteiger partial charge in [-0.05, 0) is 24.3 Å². The summed E-state index contributed by atoms with van der Waals surface area (Å²) in [4.78, 5) is 19.8. The molecule has 0 aliphatic heterocycles. The molecule has 1 amide bonds. The number of hydrogen-bond donors (Lipinski definition) is 3. The molecule has 104 valence electrons. The van der Waals surface area contributed by atoms with Crippen LogP contribution in [0.1, 0.15) is 15.9 Å². The Morgan fingerprint density at radius 2 is 1.90 bits per heavy atom. The molecule has 0 aliphatic rings. The SMILES string of the molecule is NC(=S)c1cccc(C(=O)Nc2nc3ccccc3[nH]2)c1. The highest BCUT2D eigenvalue weighted by molar-refractivity contribution is 7.80. The molecule has 3 rings (SSSR count). The van der Waals surface area contributed by atoms with Crippen molar-refractivity contribution in [3.63, 3.8) is 0 Å². The van der Waals surface area contributed by atoms with Gasteiger partial charge in [0.2, 0.25) is 5.95 Å². The first-order valence-electron chi connectivity index (χ1n) is 6.29. The van der Waals surface area contributed by atoms with Crippen LogP contribution in [0.3, 0.4) is 0 Å². The zero-order chi connectivity index (χ0) is 14.8. The topological polar surface area (TPSA) is 83.8 Å². The summed E-state index contributed by atoms with van der Waals surface area (Å²) in [6, 6.07) is 14.4. The molecule has 0 fully saturated rings. The Kier molecular flexibility index (Phi) is 3.37. The van der Waals surface area contributed by atoms with Gasteiger partial charge < -0.3 is 10.7 Å². The molecule has 0 radical (unpaired) electrons. The number of H-pyrrole nitrogens is 1. The van der Waals surface area contributed by atoms with Crippen molar-refractivity contribution in [2.45, 2.75) is 0 Å². The van der Waals surface area contributed by atoms with Crippen molar-refractivity contribution in [1.82, 2.24) is 9.97 Å². The highest BCUT2D eigenvalue weighted by Gasteiger charge is 2.10. The number of rotatable bonds is 3. The number of nitrogens with one attached hydrogen (secondary N) is 2. The maximum absolute atomic E-state index is 12.2. The fourth-order valence-corrected chi connectivity index (χ4v) is 2.13. The molecule has 0 spiro atoms. The zero-order valence-corrected chi connectivity index (χ0v) is 11.8. The smallest absolute Gasteiger partial charge is 0.257 e. The van der Waals surface area contributed by atoms with Crippen molar-refractivity contribution in [1.29, 1.82) is 0 Å². The lowest BCUT2D eigenvalue weighted by molar-refractivity contribution is 0.102. The van der Waals surface area contributed by atoms with Crippen molar-refractivity contribution in [3.05, 3.63) is 59.7 Å². The van der Waals surface area contributed by atoms with Gasteiger partial charge in [0.1, 0.15) is 4.99 Å². The first-order chi connectivity index (χ1) is 10.1. The zero-order valence-electron chi connectivity index (χ0n) is 11.0. The Morgan fingerprint density at radius 1 is 1.14 bits per heavy atom. The van der Waals surface area contributed by atoms with E-state index < -0.39 is 0 Å². The predicted molar refractivity (Wildman–Crippen MR) is 86.4 cm³/mol. The molecule has 6 heteroatoms. The second kappa shape index (κ2) is 5.34. The molecule has 5 nitrogen and oxygen atoms in total. The number of nitrogens with two attached hydrogens (primary N) is 1. The van der Waals surface area contributed by atoms with Gasteiger partial charge in [-0.3, -0.25) is 10.1 Å². The average Bonchev–Trinajstić information content (AvgIpc) is 2.89. The lowest BCUT2D eigenvalue weighted by Crippen LogP contribution is -2.15. The molecule has 2 aromatic carbocycles. The summed E-state index contributed by atoms with van der Waals surface area (Å²) in [5.74, 6) is 0.133. The van der Waals surface area contributed by atoms with Crippen LogP contribution in [0.5, 0.6) is 0 Å². The number of imidazole rings is 1. The second-order valence-electron chi connectivity index (χ2n) is 4.50. The molecule has 4 N–H and O–H groups in total. The van der Waals surface area contributed by atoms with Crippen molar-refractivity contribution in [2.75, 3.05) is 5.32 Å². The van der Waals surface area contributed by atoms with Crippen LogP contribution in [-0.4, -0.2) is 20.9 Å². The number of aromatic amines is 1. The predicted octanol–water partition coefficient (Wildman–Crippen LogP) is 2.45. The molecule has 1 aromatic heterocycles. The maximum Gasteiger partial charge on any atom is 0.257 e. The minimum atomic E-state index is -0.271. The summed E-state index contributed by atoms with van der Waals surface area (Å²) in [6.07, 6.45) is 0. The van der Waals surface area contributed by atoms with Crippen LogP contribution in [0, 0.1) is 0 Å². The second-order valence-corrected chi connectivity index (χ2v) is 4.94. The van der Waals surface area contributed by atoms with Gasteiger partial charge in [0.15, 0.2) is 0 Å². The Morgan fingerprint density at radius 3 is 2.67 bits per heavy atom. The van der Waals surface area contributed by atoms with E-state index in [1.165, 1.54) is 0 Å². The number of aromatic nitrogens is 2.